The van der Waals surface area contributed by atoms with Gasteiger partial charge in [-0.1, -0.05) is 79.9 Å². The molecule has 160 valence electrons. The van der Waals surface area contributed by atoms with Gasteiger partial charge in [-0.2, -0.15) is 5.26 Å². The second kappa shape index (κ2) is 12.6. The summed E-state index contributed by atoms with van der Waals surface area (Å²) in [6.45, 7) is 17.3. The molecule has 32 heavy (non-hydrogen) atoms. The van der Waals surface area contributed by atoms with Gasteiger partial charge in [0.2, 0.25) is 0 Å². The van der Waals surface area contributed by atoms with Crippen molar-refractivity contribution in [2.45, 2.75) is 19.8 Å². The highest BCUT2D eigenvalue weighted by Gasteiger charge is 2.14. The van der Waals surface area contributed by atoms with Crippen LogP contribution in [0.2, 0.25) is 0 Å². The number of ether oxygens (including phenoxy) is 1. The molecule has 0 atom stereocenters. The number of hydrogen-bond acceptors (Lipinski definition) is 2. The minimum Gasteiger partial charge on any atom is -0.456 e. The summed E-state index contributed by atoms with van der Waals surface area (Å²) in [6.07, 6.45) is 12.5. The molecule has 0 saturated heterocycles. The molecule has 0 bridgehead atoms. The summed E-state index contributed by atoms with van der Waals surface area (Å²) < 4.78 is 6.06. The third kappa shape index (κ3) is 6.20. The molecule has 0 N–H and O–H groups in total. The number of nitrogens with zero attached hydrogens (tertiary/aromatic N) is 1. The highest BCUT2D eigenvalue weighted by Crippen LogP contribution is 2.33. The van der Waals surface area contributed by atoms with Crippen molar-refractivity contribution >= 4 is 5.57 Å². The lowest BCUT2D eigenvalue weighted by molar-refractivity contribution is 0.435. The van der Waals surface area contributed by atoms with Crippen molar-refractivity contribution in [2.24, 2.45) is 0 Å². The molecule has 0 heterocycles. The zero-order valence-corrected chi connectivity index (χ0v) is 18.7. The number of benzene rings is 2. The van der Waals surface area contributed by atoms with Gasteiger partial charge in [0.1, 0.15) is 17.6 Å². The number of hydrogen-bond donors (Lipinski definition) is 0. The van der Waals surface area contributed by atoms with E-state index in [-0.39, 0.29) is 5.57 Å². The zero-order chi connectivity index (χ0) is 23.3. The third-order valence-electron chi connectivity index (χ3n) is 4.75. The van der Waals surface area contributed by atoms with E-state index in [0.29, 0.717) is 17.9 Å². The van der Waals surface area contributed by atoms with Crippen LogP contribution in [-0.2, 0) is 6.42 Å². The molecule has 2 aromatic rings. The van der Waals surface area contributed by atoms with Crippen molar-refractivity contribution in [3.8, 4) is 11.8 Å². The lowest BCUT2D eigenvalue weighted by atomic mass is 9.90. The van der Waals surface area contributed by atoms with Crippen LogP contribution >= 0.6 is 0 Å². The first-order valence-electron chi connectivity index (χ1n) is 10.5. The number of rotatable bonds is 11. The molecule has 0 unspecified atom stereocenters. The van der Waals surface area contributed by atoms with Gasteiger partial charge in [-0.15, -0.1) is 13.2 Å². The summed E-state index contributed by atoms with van der Waals surface area (Å²) in [5, 5.41) is 9.25. The molecule has 0 aliphatic carbocycles. The van der Waals surface area contributed by atoms with Gasteiger partial charge in [-0.25, -0.2) is 0 Å². The van der Waals surface area contributed by atoms with Crippen LogP contribution in [0, 0.1) is 11.3 Å². The average molecular weight is 420 g/mol. The first-order chi connectivity index (χ1) is 15.6. The molecule has 0 saturated carbocycles. The monoisotopic (exact) mass is 419 g/mol. The second-order valence-electron chi connectivity index (χ2n) is 7.03. The van der Waals surface area contributed by atoms with Crippen LogP contribution in [0.25, 0.3) is 5.57 Å². The molecule has 0 fully saturated rings. The Bertz CT molecular complexity index is 1120. The zero-order valence-electron chi connectivity index (χ0n) is 18.7. The smallest absolute Gasteiger partial charge is 0.144 e. The van der Waals surface area contributed by atoms with Crippen LogP contribution in [0.1, 0.15) is 30.0 Å². The molecule has 0 amide bonds. The van der Waals surface area contributed by atoms with E-state index < -0.39 is 0 Å². The summed E-state index contributed by atoms with van der Waals surface area (Å²) in [5.41, 5.74) is 5.73. The molecule has 0 aromatic heterocycles. The van der Waals surface area contributed by atoms with Gasteiger partial charge >= 0.3 is 0 Å². The average Bonchev–Trinajstić information content (AvgIpc) is 2.81. The van der Waals surface area contributed by atoms with Crippen LogP contribution in [0.3, 0.4) is 0 Å². The van der Waals surface area contributed by atoms with Gasteiger partial charge in [0.05, 0.1) is 5.57 Å². The summed E-state index contributed by atoms with van der Waals surface area (Å²) in [4.78, 5) is 0. The fraction of sp³-hybridized carbons (Fsp3) is 0.100. The molecule has 0 radical (unpaired) electrons. The topological polar surface area (TPSA) is 33.0 Å². The van der Waals surface area contributed by atoms with Crippen molar-refractivity contribution in [3.05, 3.63) is 145 Å². The van der Waals surface area contributed by atoms with Gasteiger partial charge in [0.15, 0.2) is 0 Å². The van der Waals surface area contributed by atoms with Crippen LogP contribution in [0.15, 0.2) is 128 Å². The van der Waals surface area contributed by atoms with E-state index in [4.69, 9.17) is 4.74 Å². The second-order valence-corrected chi connectivity index (χ2v) is 7.03. The highest BCUT2D eigenvalue weighted by atomic mass is 16.5. The van der Waals surface area contributed by atoms with E-state index in [9.17, 15) is 5.26 Å². The van der Waals surface area contributed by atoms with E-state index in [1.807, 2.05) is 61.6 Å². The van der Waals surface area contributed by atoms with Crippen LogP contribution in [-0.4, -0.2) is 0 Å². The number of allylic oxidation sites excluding steroid dienone is 8. The van der Waals surface area contributed by atoms with Gasteiger partial charge in [0.25, 0.3) is 0 Å². The quantitative estimate of drug-likeness (QED) is 0.160. The molecular formula is C30H29NO. The SMILES string of the molecule is C=C/C=C(/Oc1ccc(/C(=C(/C=C/C)CC=C)c2ccccc2)cc1CC=C)C(=C)C#N. The Morgan fingerprint density at radius 1 is 1.03 bits per heavy atom. The highest BCUT2D eigenvalue weighted by molar-refractivity contribution is 5.84. The maximum absolute atomic E-state index is 9.25. The first-order valence-corrected chi connectivity index (χ1v) is 10.5. The van der Waals surface area contributed by atoms with E-state index >= 15 is 0 Å². The predicted molar refractivity (Wildman–Crippen MR) is 136 cm³/mol. The van der Waals surface area contributed by atoms with Crippen LogP contribution in [0.5, 0.6) is 5.75 Å². The van der Waals surface area contributed by atoms with Gasteiger partial charge in [-0.3, -0.25) is 0 Å². The Kier molecular flexibility index (Phi) is 9.50. The first kappa shape index (κ1) is 24.2. The summed E-state index contributed by atoms with van der Waals surface area (Å²) in [7, 11) is 0. The third-order valence-corrected chi connectivity index (χ3v) is 4.75. The van der Waals surface area contributed by atoms with Gasteiger partial charge in [0, 0.05) is 0 Å². The normalized spacial score (nSPS) is 11.9. The maximum Gasteiger partial charge on any atom is 0.144 e. The largest absolute Gasteiger partial charge is 0.456 e. The Morgan fingerprint density at radius 3 is 2.38 bits per heavy atom. The molecule has 2 nitrogen and oxygen atoms in total. The fourth-order valence-corrected chi connectivity index (χ4v) is 3.38. The molecule has 0 aliphatic rings. The minimum absolute atomic E-state index is 0.241. The summed E-state index contributed by atoms with van der Waals surface area (Å²) >= 11 is 0. The Morgan fingerprint density at radius 2 is 1.78 bits per heavy atom. The van der Waals surface area contributed by atoms with Crippen molar-refractivity contribution < 1.29 is 4.74 Å². The van der Waals surface area contributed by atoms with Gasteiger partial charge < -0.3 is 4.74 Å². The molecule has 2 rings (SSSR count). The maximum atomic E-state index is 9.25. The van der Waals surface area contributed by atoms with E-state index in [1.165, 1.54) is 5.57 Å². The van der Waals surface area contributed by atoms with Crippen molar-refractivity contribution in [1.82, 2.24) is 0 Å². The van der Waals surface area contributed by atoms with Crippen molar-refractivity contribution in [3.63, 3.8) is 0 Å². The standard InChI is InChI=1S/C30H29NO/c1-6-13-24(14-7-2)30(25-17-11-10-12-18-25)27-19-20-29(26(21-27)15-8-3)32-28(16-9-4)23(5)22-31/h6-12,14,16-21H,1,3-5,13,15H2,2H3/b14-7+,28-16+,30-24+. The Labute approximate surface area is 192 Å². The lowest BCUT2D eigenvalue weighted by Crippen LogP contribution is -2.01. The molecule has 2 heteroatoms. The molecule has 0 aliphatic heterocycles. The molecule has 0 spiro atoms. The Hall–Kier alpha value is -4.09. The van der Waals surface area contributed by atoms with Crippen LogP contribution in [0.4, 0.5) is 0 Å². The summed E-state index contributed by atoms with van der Waals surface area (Å²) in [5.74, 6) is 1.03. The van der Waals surface area contributed by atoms with E-state index in [2.05, 4.69) is 50.6 Å². The van der Waals surface area contributed by atoms with Crippen molar-refractivity contribution in [2.75, 3.05) is 0 Å². The molecular weight excluding hydrogens is 390 g/mol. The molecule has 2 aromatic carbocycles. The lowest BCUT2D eigenvalue weighted by Gasteiger charge is -2.17. The Balaban J connectivity index is 2.69. The van der Waals surface area contributed by atoms with Crippen LogP contribution < -0.4 is 4.74 Å². The number of nitriles is 1. The predicted octanol–water partition coefficient (Wildman–Crippen LogP) is 7.90. The summed E-state index contributed by atoms with van der Waals surface area (Å²) in [6, 6.07) is 18.4. The van der Waals surface area contributed by atoms with E-state index in [1.54, 1.807) is 12.2 Å². The van der Waals surface area contributed by atoms with Crippen molar-refractivity contribution in [1.29, 1.82) is 5.26 Å². The van der Waals surface area contributed by atoms with E-state index in [0.717, 1.165) is 28.7 Å². The fourth-order valence-electron chi connectivity index (χ4n) is 3.38. The minimum atomic E-state index is 0.241. The van der Waals surface area contributed by atoms with Gasteiger partial charge in [-0.05, 0) is 65.8 Å².